The molecule has 1 saturated heterocycles. The van der Waals surface area contributed by atoms with Crippen molar-refractivity contribution in [2.75, 3.05) is 13.1 Å². The summed E-state index contributed by atoms with van der Waals surface area (Å²) in [4.78, 5) is 12.2. The molecule has 11 heavy (non-hydrogen) atoms. The van der Waals surface area contributed by atoms with E-state index >= 15 is 0 Å². The predicted molar refractivity (Wildman–Crippen MR) is 37.8 cm³/mol. The van der Waals surface area contributed by atoms with E-state index in [0.717, 1.165) is 13.0 Å². The Kier molecular flexibility index (Phi) is 2.44. The molecule has 4 nitrogen and oxygen atoms in total. The molecule has 0 aromatic carbocycles. The van der Waals surface area contributed by atoms with E-state index < -0.39 is 12.0 Å². The number of carboxylic acid groups (broad SMARTS) is 1. The van der Waals surface area contributed by atoms with Gasteiger partial charge in [-0.15, -0.1) is 0 Å². The normalized spacial score (nSPS) is 24.8. The summed E-state index contributed by atoms with van der Waals surface area (Å²) in [5.41, 5.74) is 0. The van der Waals surface area contributed by atoms with Crippen molar-refractivity contribution in [3.05, 3.63) is 0 Å². The van der Waals surface area contributed by atoms with Crippen molar-refractivity contribution in [3.63, 3.8) is 0 Å². The summed E-state index contributed by atoms with van der Waals surface area (Å²) in [6.45, 7) is 0.974. The number of hydrogen-bond acceptors (Lipinski definition) is 3. The quantitative estimate of drug-likeness (QED) is 0.571. The zero-order valence-electron chi connectivity index (χ0n) is 6.16. The van der Waals surface area contributed by atoms with Crippen LogP contribution < -0.4 is 0 Å². The van der Waals surface area contributed by atoms with Gasteiger partial charge in [-0.05, 0) is 12.8 Å². The number of aliphatic carboxylic acids is 1. The minimum atomic E-state index is -0.808. The highest BCUT2D eigenvalue weighted by molar-refractivity contribution is 5.73. The van der Waals surface area contributed by atoms with Gasteiger partial charge in [0.1, 0.15) is 6.04 Å². The van der Waals surface area contributed by atoms with E-state index in [2.05, 4.69) is 0 Å². The Morgan fingerprint density at radius 2 is 2.55 bits per heavy atom. The minimum Gasteiger partial charge on any atom is -0.480 e. The van der Waals surface area contributed by atoms with Crippen molar-refractivity contribution in [2.45, 2.75) is 18.9 Å². The first kappa shape index (κ1) is 8.02. The first-order valence-electron chi connectivity index (χ1n) is 3.59. The van der Waals surface area contributed by atoms with Gasteiger partial charge in [-0.3, -0.25) is 9.69 Å². The molecule has 1 heterocycles. The Labute approximate surface area is 65.0 Å². The second-order valence-electron chi connectivity index (χ2n) is 2.62. The summed E-state index contributed by atoms with van der Waals surface area (Å²) in [7, 11) is 0. The van der Waals surface area contributed by atoms with Gasteiger partial charge < -0.3 is 5.11 Å². The molecule has 0 radical (unpaired) electrons. The molecule has 1 rings (SSSR count). The molecule has 60 valence electrons. The average Bonchev–Trinajstić information content (AvgIpc) is 2.36. The predicted octanol–water partition coefficient (Wildman–Crippen LogP) is 0.0590. The topological polar surface area (TPSA) is 64.3 Å². The fourth-order valence-electron chi connectivity index (χ4n) is 1.39. The van der Waals surface area contributed by atoms with Crippen LogP contribution in [0.1, 0.15) is 12.8 Å². The van der Waals surface area contributed by atoms with Gasteiger partial charge in [-0.1, -0.05) is 0 Å². The highest BCUT2D eigenvalue weighted by Crippen LogP contribution is 2.15. The third kappa shape index (κ3) is 1.69. The Hall–Kier alpha value is -1.08. The smallest absolute Gasteiger partial charge is 0.320 e. The summed E-state index contributed by atoms with van der Waals surface area (Å²) in [6, 6.07) is 1.54. The summed E-state index contributed by atoms with van der Waals surface area (Å²) >= 11 is 0. The van der Waals surface area contributed by atoms with Crippen molar-refractivity contribution in [2.24, 2.45) is 0 Å². The molecule has 0 aromatic rings. The lowest BCUT2D eigenvalue weighted by Gasteiger charge is -2.16. The molecule has 0 unspecified atom stereocenters. The Bertz CT molecular complexity index is 197. The molecule has 0 saturated carbocycles. The van der Waals surface area contributed by atoms with E-state index in [1.165, 1.54) is 0 Å². The third-order valence-corrected chi connectivity index (χ3v) is 1.92. The molecule has 4 heteroatoms. The van der Waals surface area contributed by atoms with Crippen molar-refractivity contribution in [1.29, 1.82) is 5.26 Å². The first-order chi connectivity index (χ1) is 5.25. The highest BCUT2D eigenvalue weighted by Gasteiger charge is 2.29. The van der Waals surface area contributed by atoms with Crippen molar-refractivity contribution in [1.82, 2.24) is 4.90 Å². The van der Waals surface area contributed by atoms with Gasteiger partial charge in [0.05, 0.1) is 12.6 Å². The summed E-state index contributed by atoms with van der Waals surface area (Å²) in [6.07, 6.45) is 1.57. The molecular formula is C7H10N2O2. The largest absolute Gasteiger partial charge is 0.480 e. The van der Waals surface area contributed by atoms with Gasteiger partial charge in [0, 0.05) is 6.54 Å². The zero-order valence-corrected chi connectivity index (χ0v) is 6.16. The van der Waals surface area contributed by atoms with Gasteiger partial charge in [0.15, 0.2) is 0 Å². The Morgan fingerprint density at radius 1 is 1.82 bits per heavy atom. The van der Waals surface area contributed by atoms with Crippen LogP contribution in [-0.2, 0) is 4.79 Å². The van der Waals surface area contributed by atoms with E-state index in [9.17, 15) is 4.79 Å². The van der Waals surface area contributed by atoms with Gasteiger partial charge in [-0.2, -0.15) is 5.26 Å². The molecule has 1 aliphatic rings. The first-order valence-corrected chi connectivity index (χ1v) is 3.59. The van der Waals surface area contributed by atoms with Crippen LogP contribution in [0.4, 0.5) is 0 Å². The van der Waals surface area contributed by atoms with Crippen LogP contribution in [0, 0.1) is 11.3 Å². The summed E-state index contributed by atoms with van der Waals surface area (Å²) < 4.78 is 0. The number of carboxylic acids is 1. The SMILES string of the molecule is N#CCN1CCC[C@@H]1C(=O)O. The van der Waals surface area contributed by atoms with Gasteiger partial charge >= 0.3 is 5.97 Å². The van der Waals surface area contributed by atoms with E-state index in [-0.39, 0.29) is 6.54 Å². The van der Waals surface area contributed by atoms with Gasteiger partial charge in [-0.25, -0.2) is 0 Å². The van der Waals surface area contributed by atoms with Crippen LogP contribution in [0.2, 0.25) is 0 Å². The summed E-state index contributed by atoms with van der Waals surface area (Å²) in [5.74, 6) is -0.808. The second-order valence-corrected chi connectivity index (χ2v) is 2.62. The molecular weight excluding hydrogens is 144 g/mol. The Morgan fingerprint density at radius 3 is 3.09 bits per heavy atom. The number of hydrogen-bond donors (Lipinski definition) is 1. The molecule has 0 spiro atoms. The van der Waals surface area contributed by atoms with Crippen LogP contribution in [0.5, 0.6) is 0 Å². The molecule has 1 fully saturated rings. The van der Waals surface area contributed by atoms with E-state index in [4.69, 9.17) is 10.4 Å². The number of nitrogens with zero attached hydrogens (tertiary/aromatic N) is 2. The van der Waals surface area contributed by atoms with E-state index in [1.807, 2.05) is 6.07 Å². The molecule has 1 atom stereocenters. The molecule has 0 aliphatic carbocycles. The average molecular weight is 154 g/mol. The maximum absolute atomic E-state index is 10.5. The van der Waals surface area contributed by atoms with Gasteiger partial charge in [0.25, 0.3) is 0 Å². The summed E-state index contributed by atoms with van der Waals surface area (Å²) in [5, 5.41) is 17.0. The van der Waals surface area contributed by atoms with Crippen LogP contribution in [0.3, 0.4) is 0 Å². The number of rotatable bonds is 2. The van der Waals surface area contributed by atoms with Crippen molar-refractivity contribution in [3.8, 4) is 6.07 Å². The Balaban J connectivity index is 2.52. The second kappa shape index (κ2) is 3.35. The molecule has 0 bridgehead atoms. The van der Waals surface area contributed by atoms with Gasteiger partial charge in [0.2, 0.25) is 0 Å². The number of carbonyl (C=O) groups is 1. The highest BCUT2D eigenvalue weighted by atomic mass is 16.4. The number of nitriles is 1. The van der Waals surface area contributed by atoms with Crippen molar-refractivity contribution >= 4 is 5.97 Å². The van der Waals surface area contributed by atoms with Crippen LogP contribution in [0.25, 0.3) is 0 Å². The molecule has 0 amide bonds. The zero-order chi connectivity index (χ0) is 8.27. The van der Waals surface area contributed by atoms with Crippen LogP contribution >= 0.6 is 0 Å². The number of likely N-dealkylation sites (tertiary alicyclic amines) is 1. The maximum Gasteiger partial charge on any atom is 0.320 e. The van der Waals surface area contributed by atoms with Crippen LogP contribution in [-0.4, -0.2) is 35.1 Å². The fraction of sp³-hybridized carbons (Fsp3) is 0.714. The minimum absolute atomic E-state index is 0.233. The third-order valence-electron chi connectivity index (χ3n) is 1.92. The van der Waals surface area contributed by atoms with Crippen molar-refractivity contribution < 1.29 is 9.90 Å². The fourth-order valence-corrected chi connectivity index (χ4v) is 1.39. The maximum atomic E-state index is 10.5. The monoisotopic (exact) mass is 154 g/mol. The molecule has 1 aliphatic heterocycles. The lowest BCUT2D eigenvalue weighted by molar-refractivity contribution is -0.141. The lowest BCUT2D eigenvalue weighted by Crippen LogP contribution is -2.35. The van der Waals surface area contributed by atoms with Crippen LogP contribution in [0.15, 0.2) is 0 Å². The molecule has 0 aromatic heterocycles. The van der Waals surface area contributed by atoms with E-state index in [0.29, 0.717) is 6.42 Å². The lowest BCUT2D eigenvalue weighted by atomic mass is 10.2. The molecule has 1 N–H and O–H groups in total. The standard InChI is InChI=1S/C7H10N2O2/c8-3-5-9-4-1-2-6(9)7(10)11/h6H,1-2,4-5H2,(H,10,11)/t6-/m1/s1. The van der Waals surface area contributed by atoms with E-state index in [1.54, 1.807) is 4.90 Å².